The van der Waals surface area contributed by atoms with E-state index in [0.29, 0.717) is 5.56 Å². The van der Waals surface area contributed by atoms with E-state index in [0.717, 1.165) is 12.1 Å². The fourth-order valence-electron chi connectivity index (χ4n) is 1.72. The van der Waals surface area contributed by atoms with Gasteiger partial charge in [-0.1, -0.05) is 24.1 Å². The van der Waals surface area contributed by atoms with Crippen LogP contribution in [0.25, 0.3) is 0 Å². The number of aliphatic hydroxyl groups is 1. The summed E-state index contributed by atoms with van der Waals surface area (Å²) in [5.41, 5.74) is 0.704. The smallest absolute Gasteiger partial charge is 0.296 e. The summed E-state index contributed by atoms with van der Waals surface area (Å²) in [5, 5.41) is 12.1. The van der Waals surface area contributed by atoms with Crippen LogP contribution in [-0.2, 0) is 4.79 Å². The molecule has 0 aliphatic carbocycles. The van der Waals surface area contributed by atoms with Gasteiger partial charge in [0.25, 0.3) is 5.91 Å². The number of rotatable bonds is 5. The van der Waals surface area contributed by atoms with Gasteiger partial charge in [-0.15, -0.1) is 0 Å². The lowest BCUT2D eigenvalue weighted by Crippen LogP contribution is -2.34. The first kappa shape index (κ1) is 17.4. The molecule has 124 valence electrons. The second-order valence-corrected chi connectivity index (χ2v) is 4.87. The van der Waals surface area contributed by atoms with Gasteiger partial charge in [-0.3, -0.25) is 4.79 Å². The third-order valence-corrected chi connectivity index (χ3v) is 2.93. The van der Waals surface area contributed by atoms with Gasteiger partial charge >= 0.3 is 0 Å². The van der Waals surface area contributed by atoms with Crippen LogP contribution in [0.15, 0.2) is 48.5 Å². The molecule has 1 atom stereocenters. The molecule has 2 aromatic carbocycles. The van der Waals surface area contributed by atoms with Crippen LogP contribution in [0, 0.1) is 23.5 Å². The highest BCUT2D eigenvalue weighted by Gasteiger charge is 2.08. The zero-order chi connectivity index (χ0) is 17.4. The molecule has 0 aromatic heterocycles. The largest absolute Gasteiger partial charge is 0.491 e. The first-order valence-corrected chi connectivity index (χ1v) is 7.15. The van der Waals surface area contributed by atoms with E-state index >= 15 is 0 Å². The Morgan fingerprint density at radius 2 is 1.92 bits per heavy atom. The van der Waals surface area contributed by atoms with Crippen molar-refractivity contribution in [3.63, 3.8) is 0 Å². The predicted molar refractivity (Wildman–Crippen MR) is 84.2 cm³/mol. The first-order chi connectivity index (χ1) is 11.5. The molecule has 6 heteroatoms. The van der Waals surface area contributed by atoms with Crippen LogP contribution in [0.1, 0.15) is 5.56 Å². The monoisotopic (exact) mass is 331 g/mol. The van der Waals surface area contributed by atoms with E-state index in [-0.39, 0.29) is 18.9 Å². The van der Waals surface area contributed by atoms with Gasteiger partial charge in [0.05, 0.1) is 0 Å². The number of hydrogen-bond acceptors (Lipinski definition) is 3. The standard InChI is InChI=1S/C18H15F2NO3/c19-16-8-7-15(10-17(16)20)24-12-14(22)11-21-18(23)9-6-13-4-2-1-3-5-13/h1-5,7-8,10,14,22H,11-12H2,(H,21,23)/t14-/m1/s1. The van der Waals surface area contributed by atoms with Crippen LogP contribution in [0.5, 0.6) is 5.75 Å². The van der Waals surface area contributed by atoms with Crippen LogP contribution >= 0.6 is 0 Å². The second-order valence-electron chi connectivity index (χ2n) is 4.87. The number of benzene rings is 2. The van der Waals surface area contributed by atoms with Crippen LogP contribution in [0.3, 0.4) is 0 Å². The number of halogens is 2. The molecule has 2 rings (SSSR count). The summed E-state index contributed by atoms with van der Waals surface area (Å²) in [5.74, 6) is 2.62. The van der Waals surface area contributed by atoms with Crippen LogP contribution in [0.2, 0.25) is 0 Å². The first-order valence-electron chi connectivity index (χ1n) is 7.15. The number of aliphatic hydroxyl groups excluding tert-OH is 1. The van der Waals surface area contributed by atoms with Crippen molar-refractivity contribution < 1.29 is 23.4 Å². The Hall–Kier alpha value is -2.91. The summed E-state index contributed by atoms with van der Waals surface area (Å²) in [7, 11) is 0. The van der Waals surface area contributed by atoms with Crippen molar-refractivity contribution >= 4 is 5.91 Å². The number of carbonyl (C=O) groups is 1. The predicted octanol–water partition coefficient (Wildman–Crippen LogP) is 1.87. The average Bonchev–Trinajstić information content (AvgIpc) is 2.60. The third kappa shape index (κ3) is 5.71. The molecule has 0 unspecified atom stereocenters. The number of carbonyl (C=O) groups excluding carboxylic acids is 1. The van der Waals surface area contributed by atoms with E-state index in [2.05, 4.69) is 17.2 Å². The van der Waals surface area contributed by atoms with Gasteiger partial charge in [0, 0.05) is 24.1 Å². The fraction of sp³-hybridized carbons (Fsp3) is 0.167. The van der Waals surface area contributed by atoms with Crippen LogP contribution < -0.4 is 10.1 Å². The van der Waals surface area contributed by atoms with Crippen molar-refractivity contribution in [1.82, 2.24) is 5.32 Å². The van der Waals surface area contributed by atoms with Gasteiger partial charge in [-0.05, 0) is 24.3 Å². The maximum atomic E-state index is 13.0. The van der Waals surface area contributed by atoms with Gasteiger partial charge in [0.15, 0.2) is 11.6 Å². The Labute approximate surface area is 138 Å². The van der Waals surface area contributed by atoms with Gasteiger partial charge in [-0.25, -0.2) is 8.78 Å². The quantitative estimate of drug-likeness (QED) is 0.823. The van der Waals surface area contributed by atoms with E-state index in [1.54, 1.807) is 24.3 Å². The van der Waals surface area contributed by atoms with Gasteiger partial charge in [0.1, 0.15) is 18.5 Å². The van der Waals surface area contributed by atoms with Gasteiger partial charge in [0.2, 0.25) is 0 Å². The second kappa shape index (κ2) is 8.65. The Balaban J connectivity index is 1.74. The van der Waals surface area contributed by atoms with Crippen molar-refractivity contribution in [2.24, 2.45) is 0 Å². The summed E-state index contributed by atoms with van der Waals surface area (Å²) in [6, 6.07) is 12.0. The molecule has 0 saturated heterocycles. The third-order valence-electron chi connectivity index (χ3n) is 2.93. The molecule has 0 spiro atoms. The molecule has 24 heavy (non-hydrogen) atoms. The molecule has 1 amide bonds. The molecule has 0 fully saturated rings. The highest BCUT2D eigenvalue weighted by Crippen LogP contribution is 2.15. The van der Waals surface area contributed by atoms with E-state index in [9.17, 15) is 18.7 Å². The number of hydrogen-bond donors (Lipinski definition) is 2. The van der Waals surface area contributed by atoms with Crippen molar-refractivity contribution in [3.8, 4) is 17.6 Å². The van der Waals surface area contributed by atoms with Crippen molar-refractivity contribution in [1.29, 1.82) is 0 Å². The normalized spacial score (nSPS) is 11.1. The minimum atomic E-state index is -1.04. The maximum absolute atomic E-state index is 13.0. The molecular formula is C18H15F2NO3. The Morgan fingerprint density at radius 1 is 1.17 bits per heavy atom. The number of nitrogens with one attached hydrogen (secondary N) is 1. The molecule has 4 nitrogen and oxygen atoms in total. The highest BCUT2D eigenvalue weighted by molar-refractivity contribution is 5.94. The molecule has 2 aromatic rings. The molecule has 0 bridgehead atoms. The topological polar surface area (TPSA) is 58.6 Å². The molecular weight excluding hydrogens is 316 g/mol. The minimum Gasteiger partial charge on any atom is -0.491 e. The molecule has 0 radical (unpaired) electrons. The summed E-state index contributed by atoms with van der Waals surface area (Å²) >= 11 is 0. The zero-order valence-corrected chi connectivity index (χ0v) is 12.6. The Morgan fingerprint density at radius 3 is 2.62 bits per heavy atom. The number of ether oxygens (including phenoxy) is 1. The lowest BCUT2D eigenvalue weighted by atomic mass is 10.2. The van der Waals surface area contributed by atoms with E-state index in [1.807, 2.05) is 6.07 Å². The van der Waals surface area contributed by atoms with Crippen LogP contribution in [0.4, 0.5) is 8.78 Å². The molecule has 0 aliphatic heterocycles. The summed E-state index contributed by atoms with van der Waals surface area (Å²) < 4.78 is 30.9. The van der Waals surface area contributed by atoms with E-state index in [1.165, 1.54) is 6.07 Å². The number of amides is 1. The van der Waals surface area contributed by atoms with Crippen molar-refractivity contribution in [2.45, 2.75) is 6.10 Å². The maximum Gasteiger partial charge on any atom is 0.296 e. The highest BCUT2D eigenvalue weighted by atomic mass is 19.2. The Kier molecular flexibility index (Phi) is 6.29. The van der Waals surface area contributed by atoms with E-state index in [4.69, 9.17) is 4.74 Å². The molecule has 0 aliphatic rings. The Bertz CT molecular complexity index is 754. The average molecular weight is 331 g/mol. The van der Waals surface area contributed by atoms with Crippen molar-refractivity contribution in [2.75, 3.05) is 13.2 Å². The molecule has 0 heterocycles. The van der Waals surface area contributed by atoms with Gasteiger partial charge in [-0.2, -0.15) is 0 Å². The lowest BCUT2D eigenvalue weighted by molar-refractivity contribution is -0.116. The van der Waals surface area contributed by atoms with Gasteiger partial charge < -0.3 is 15.2 Å². The fourth-order valence-corrected chi connectivity index (χ4v) is 1.72. The van der Waals surface area contributed by atoms with Crippen LogP contribution in [-0.4, -0.2) is 30.3 Å². The molecule has 0 saturated carbocycles. The lowest BCUT2D eigenvalue weighted by Gasteiger charge is -2.12. The summed E-state index contributed by atoms with van der Waals surface area (Å²) in [6.07, 6.45) is -1.01. The summed E-state index contributed by atoms with van der Waals surface area (Å²) in [4.78, 5) is 11.5. The van der Waals surface area contributed by atoms with Crippen molar-refractivity contribution in [3.05, 3.63) is 65.7 Å². The molecule has 2 N–H and O–H groups in total. The minimum absolute atomic E-state index is 0.0774. The SMILES string of the molecule is O=C(C#Cc1ccccc1)NC[C@@H](O)COc1ccc(F)c(F)c1. The zero-order valence-electron chi connectivity index (χ0n) is 12.6. The van der Waals surface area contributed by atoms with E-state index < -0.39 is 23.6 Å². The summed E-state index contributed by atoms with van der Waals surface area (Å²) in [6.45, 7) is -0.260.